The Kier molecular flexibility index (Phi) is 5.39. The van der Waals surface area contributed by atoms with Crippen molar-refractivity contribution >= 4 is 0 Å². The molecule has 1 aromatic rings. The predicted octanol–water partition coefficient (Wildman–Crippen LogP) is 2.79. The summed E-state index contributed by atoms with van der Waals surface area (Å²) in [6, 6.07) is 6.34. The van der Waals surface area contributed by atoms with Gasteiger partial charge in [0.2, 0.25) is 0 Å². The SMILES string of the molecule is CC.Cc1ccc(CN)c(C)c1. The van der Waals surface area contributed by atoms with Gasteiger partial charge in [-0.2, -0.15) is 0 Å². The van der Waals surface area contributed by atoms with Gasteiger partial charge in [0.1, 0.15) is 0 Å². The van der Waals surface area contributed by atoms with Crippen LogP contribution >= 0.6 is 0 Å². The van der Waals surface area contributed by atoms with E-state index >= 15 is 0 Å². The molecule has 0 aliphatic carbocycles. The fourth-order valence-electron chi connectivity index (χ4n) is 1.07. The maximum atomic E-state index is 5.50. The molecule has 0 aromatic heterocycles. The summed E-state index contributed by atoms with van der Waals surface area (Å²) in [5.74, 6) is 0. The van der Waals surface area contributed by atoms with Crippen LogP contribution in [0.5, 0.6) is 0 Å². The molecule has 0 atom stereocenters. The molecule has 0 aliphatic rings. The van der Waals surface area contributed by atoms with E-state index in [1.807, 2.05) is 13.8 Å². The van der Waals surface area contributed by atoms with Crippen molar-refractivity contribution in [2.24, 2.45) is 5.73 Å². The summed E-state index contributed by atoms with van der Waals surface area (Å²) in [6.45, 7) is 8.83. The van der Waals surface area contributed by atoms with E-state index in [0.29, 0.717) is 6.54 Å². The molecule has 0 radical (unpaired) electrons. The smallest absolute Gasteiger partial charge is 0.0180 e. The first kappa shape index (κ1) is 11.2. The third-order valence-electron chi connectivity index (χ3n) is 1.72. The second-order valence-electron chi connectivity index (χ2n) is 2.63. The van der Waals surface area contributed by atoms with E-state index in [-0.39, 0.29) is 0 Å². The summed E-state index contributed by atoms with van der Waals surface area (Å²) < 4.78 is 0. The summed E-state index contributed by atoms with van der Waals surface area (Å²) in [6.07, 6.45) is 0. The Balaban J connectivity index is 0.000000561. The molecule has 0 bridgehead atoms. The van der Waals surface area contributed by atoms with Gasteiger partial charge in [-0.05, 0) is 25.0 Å². The molecular weight excluding hydrogens is 146 g/mol. The van der Waals surface area contributed by atoms with Crippen LogP contribution in [0, 0.1) is 13.8 Å². The van der Waals surface area contributed by atoms with Crippen LogP contribution in [0.1, 0.15) is 30.5 Å². The van der Waals surface area contributed by atoms with E-state index in [4.69, 9.17) is 5.73 Å². The molecule has 12 heavy (non-hydrogen) atoms. The lowest BCUT2D eigenvalue weighted by molar-refractivity contribution is 1.05. The molecule has 1 aromatic carbocycles. The van der Waals surface area contributed by atoms with Crippen molar-refractivity contribution in [3.05, 3.63) is 34.9 Å². The van der Waals surface area contributed by atoms with Gasteiger partial charge in [-0.3, -0.25) is 0 Å². The molecule has 0 heterocycles. The first-order chi connectivity index (χ1) is 5.74. The predicted molar refractivity (Wildman–Crippen MR) is 55.2 cm³/mol. The van der Waals surface area contributed by atoms with Crippen molar-refractivity contribution in [3.8, 4) is 0 Å². The van der Waals surface area contributed by atoms with Crippen LogP contribution in [0.15, 0.2) is 18.2 Å². The number of aryl methyl sites for hydroxylation is 2. The topological polar surface area (TPSA) is 26.0 Å². The first-order valence-corrected chi connectivity index (χ1v) is 4.50. The molecular formula is C11H19N. The third-order valence-corrected chi connectivity index (χ3v) is 1.72. The third kappa shape index (κ3) is 3.05. The monoisotopic (exact) mass is 165 g/mol. The molecule has 1 heteroatoms. The Hall–Kier alpha value is -0.820. The fourth-order valence-corrected chi connectivity index (χ4v) is 1.07. The van der Waals surface area contributed by atoms with Crippen LogP contribution in [0.25, 0.3) is 0 Å². The number of nitrogens with two attached hydrogens (primary N) is 1. The minimum atomic E-state index is 0.645. The van der Waals surface area contributed by atoms with Crippen LogP contribution in [0.4, 0.5) is 0 Å². The molecule has 0 amide bonds. The minimum Gasteiger partial charge on any atom is -0.326 e. The summed E-state index contributed by atoms with van der Waals surface area (Å²) in [5, 5.41) is 0. The van der Waals surface area contributed by atoms with E-state index in [0.717, 1.165) is 0 Å². The lowest BCUT2D eigenvalue weighted by atomic mass is 10.1. The highest BCUT2D eigenvalue weighted by atomic mass is 14.5. The summed E-state index contributed by atoms with van der Waals surface area (Å²) in [5.41, 5.74) is 9.34. The zero-order valence-corrected chi connectivity index (χ0v) is 8.52. The van der Waals surface area contributed by atoms with Gasteiger partial charge < -0.3 is 5.73 Å². The number of benzene rings is 1. The van der Waals surface area contributed by atoms with Crippen LogP contribution < -0.4 is 5.73 Å². The molecule has 0 fully saturated rings. The molecule has 0 aliphatic heterocycles. The molecule has 0 saturated carbocycles. The van der Waals surface area contributed by atoms with Crippen molar-refractivity contribution < 1.29 is 0 Å². The highest BCUT2D eigenvalue weighted by Crippen LogP contribution is 2.08. The Morgan fingerprint density at radius 1 is 1.17 bits per heavy atom. The molecule has 68 valence electrons. The van der Waals surface area contributed by atoms with Crippen molar-refractivity contribution in [1.29, 1.82) is 0 Å². The van der Waals surface area contributed by atoms with Crippen LogP contribution in [-0.4, -0.2) is 0 Å². The lowest BCUT2D eigenvalue weighted by Gasteiger charge is -2.02. The largest absolute Gasteiger partial charge is 0.326 e. The van der Waals surface area contributed by atoms with E-state index in [9.17, 15) is 0 Å². The van der Waals surface area contributed by atoms with Gasteiger partial charge in [0.25, 0.3) is 0 Å². The molecule has 2 N–H and O–H groups in total. The number of hydrogen-bond acceptors (Lipinski definition) is 1. The van der Waals surface area contributed by atoms with E-state index in [1.54, 1.807) is 0 Å². The minimum absolute atomic E-state index is 0.645. The van der Waals surface area contributed by atoms with Crippen molar-refractivity contribution in [2.75, 3.05) is 0 Å². The van der Waals surface area contributed by atoms with Crippen molar-refractivity contribution in [1.82, 2.24) is 0 Å². The number of hydrogen-bond donors (Lipinski definition) is 1. The second kappa shape index (κ2) is 5.78. The normalized spacial score (nSPS) is 8.75. The van der Waals surface area contributed by atoms with Gasteiger partial charge in [-0.1, -0.05) is 37.6 Å². The van der Waals surface area contributed by atoms with Gasteiger partial charge in [0.05, 0.1) is 0 Å². The standard InChI is InChI=1S/C9H13N.C2H6/c1-7-3-4-9(6-10)8(2)5-7;1-2/h3-5H,6,10H2,1-2H3;1-2H3. The van der Waals surface area contributed by atoms with Gasteiger partial charge in [0, 0.05) is 6.54 Å². The summed E-state index contributed by atoms with van der Waals surface area (Å²) in [7, 11) is 0. The van der Waals surface area contributed by atoms with Crippen LogP contribution in [0.2, 0.25) is 0 Å². The van der Waals surface area contributed by atoms with Gasteiger partial charge in [0.15, 0.2) is 0 Å². The Bertz CT molecular complexity index is 228. The Labute approximate surface area is 75.6 Å². The van der Waals surface area contributed by atoms with Crippen LogP contribution in [-0.2, 0) is 6.54 Å². The quantitative estimate of drug-likeness (QED) is 0.680. The summed E-state index contributed by atoms with van der Waals surface area (Å²) in [4.78, 5) is 0. The van der Waals surface area contributed by atoms with Gasteiger partial charge in [-0.25, -0.2) is 0 Å². The zero-order valence-electron chi connectivity index (χ0n) is 8.52. The van der Waals surface area contributed by atoms with Gasteiger partial charge >= 0.3 is 0 Å². The van der Waals surface area contributed by atoms with Gasteiger partial charge in [-0.15, -0.1) is 0 Å². The highest BCUT2D eigenvalue weighted by molar-refractivity contribution is 5.29. The van der Waals surface area contributed by atoms with Crippen molar-refractivity contribution in [2.45, 2.75) is 34.2 Å². The fraction of sp³-hybridized carbons (Fsp3) is 0.455. The van der Waals surface area contributed by atoms with E-state index in [2.05, 4.69) is 32.0 Å². The summed E-state index contributed by atoms with van der Waals surface area (Å²) >= 11 is 0. The highest BCUT2D eigenvalue weighted by Gasteiger charge is 1.93. The Morgan fingerprint density at radius 3 is 2.17 bits per heavy atom. The molecule has 0 saturated heterocycles. The van der Waals surface area contributed by atoms with Crippen LogP contribution in [0.3, 0.4) is 0 Å². The van der Waals surface area contributed by atoms with Crippen molar-refractivity contribution in [3.63, 3.8) is 0 Å². The molecule has 1 rings (SSSR count). The average Bonchev–Trinajstić information content (AvgIpc) is 2.08. The second-order valence-corrected chi connectivity index (χ2v) is 2.63. The maximum Gasteiger partial charge on any atom is 0.0180 e. The zero-order chi connectivity index (χ0) is 9.56. The molecule has 0 unspecified atom stereocenters. The average molecular weight is 165 g/mol. The maximum absolute atomic E-state index is 5.50. The molecule has 0 spiro atoms. The lowest BCUT2D eigenvalue weighted by Crippen LogP contribution is -1.98. The van der Waals surface area contributed by atoms with E-state index < -0.39 is 0 Å². The molecule has 1 nitrogen and oxygen atoms in total. The number of rotatable bonds is 1. The Morgan fingerprint density at radius 2 is 1.75 bits per heavy atom. The van der Waals surface area contributed by atoms with E-state index in [1.165, 1.54) is 16.7 Å². The first-order valence-electron chi connectivity index (χ1n) is 4.50.